The highest BCUT2D eigenvalue weighted by Gasteiger charge is 2.19. The fourth-order valence-corrected chi connectivity index (χ4v) is 2.28. The molecule has 0 spiro atoms. The van der Waals surface area contributed by atoms with Gasteiger partial charge in [-0.15, -0.1) is 0 Å². The first kappa shape index (κ1) is 12.4. The topological polar surface area (TPSA) is 61.7 Å². The predicted octanol–water partition coefficient (Wildman–Crippen LogP) is 2.35. The van der Waals surface area contributed by atoms with Gasteiger partial charge in [0, 0.05) is 6.21 Å². The molecule has 2 aromatic carbocycles. The summed E-state index contributed by atoms with van der Waals surface area (Å²) in [4.78, 5) is 15.7. The van der Waals surface area contributed by atoms with Crippen molar-refractivity contribution in [1.82, 2.24) is 5.32 Å². The lowest BCUT2D eigenvalue weighted by Gasteiger charge is -2.03. The van der Waals surface area contributed by atoms with E-state index >= 15 is 0 Å². The Hall–Kier alpha value is -2.62. The van der Waals surface area contributed by atoms with Crippen molar-refractivity contribution in [2.45, 2.75) is 6.54 Å². The number of fused-ring (bicyclic) bond motifs is 1. The second-order valence-electron chi connectivity index (χ2n) is 4.65. The van der Waals surface area contributed by atoms with E-state index in [0.717, 1.165) is 10.9 Å². The highest BCUT2D eigenvalue weighted by Crippen LogP contribution is 2.19. The van der Waals surface area contributed by atoms with Crippen LogP contribution in [0.5, 0.6) is 0 Å². The summed E-state index contributed by atoms with van der Waals surface area (Å²) < 4.78 is 0. The fraction of sp³-hybridized carbons (Fsp3) is 0.125. The van der Waals surface area contributed by atoms with Crippen molar-refractivity contribution in [3.8, 4) is 0 Å². The molecule has 2 aromatic rings. The van der Waals surface area contributed by atoms with E-state index in [-0.39, 0.29) is 23.8 Å². The van der Waals surface area contributed by atoms with Crippen LogP contribution >= 0.6 is 0 Å². The van der Waals surface area contributed by atoms with Gasteiger partial charge in [0.05, 0.1) is 18.7 Å². The summed E-state index contributed by atoms with van der Waals surface area (Å²) in [6.07, 6.45) is 1.44. The number of hydrogen-bond donors (Lipinski definition) is 2. The Bertz CT molecular complexity index is 727. The number of benzene rings is 2. The van der Waals surface area contributed by atoms with Gasteiger partial charge in [-0.05, 0) is 16.3 Å². The van der Waals surface area contributed by atoms with E-state index in [1.54, 1.807) is 0 Å². The van der Waals surface area contributed by atoms with Crippen LogP contribution in [-0.4, -0.2) is 23.8 Å². The summed E-state index contributed by atoms with van der Waals surface area (Å²) in [5.74, 6) is -0.221. The molecule has 0 aliphatic carbocycles. The molecule has 0 unspecified atom stereocenters. The van der Waals surface area contributed by atoms with Crippen LogP contribution in [-0.2, 0) is 11.3 Å². The third kappa shape index (κ3) is 2.28. The maximum atomic E-state index is 11.4. The van der Waals surface area contributed by atoms with E-state index in [9.17, 15) is 9.90 Å². The summed E-state index contributed by atoms with van der Waals surface area (Å²) in [5, 5.41) is 14.4. The quantitative estimate of drug-likeness (QED) is 0.838. The van der Waals surface area contributed by atoms with Crippen LogP contribution in [0, 0.1) is 0 Å². The van der Waals surface area contributed by atoms with Crippen molar-refractivity contribution in [1.29, 1.82) is 0 Å². The Balaban J connectivity index is 1.84. The Morgan fingerprint density at radius 3 is 2.80 bits per heavy atom. The molecule has 2 N–H and O–H groups in total. The lowest BCUT2D eigenvalue weighted by molar-refractivity contribution is -0.116. The van der Waals surface area contributed by atoms with Crippen molar-refractivity contribution in [3.05, 3.63) is 59.4 Å². The van der Waals surface area contributed by atoms with Gasteiger partial charge in [-0.25, -0.2) is 0 Å². The van der Waals surface area contributed by atoms with Gasteiger partial charge < -0.3 is 10.4 Å². The Kier molecular flexibility index (Phi) is 3.21. The van der Waals surface area contributed by atoms with Crippen molar-refractivity contribution in [3.63, 3.8) is 0 Å². The van der Waals surface area contributed by atoms with Crippen molar-refractivity contribution >= 4 is 22.9 Å². The van der Waals surface area contributed by atoms with E-state index in [1.165, 1.54) is 11.6 Å². The average molecular weight is 266 g/mol. The third-order valence-electron chi connectivity index (χ3n) is 3.33. The number of aliphatic hydroxyl groups excluding tert-OH is 1. The van der Waals surface area contributed by atoms with Gasteiger partial charge in [-0.3, -0.25) is 9.79 Å². The first-order chi connectivity index (χ1) is 9.75. The maximum Gasteiger partial charge on any atom is 0.256 e. The number of carbonyl (C=O) groups excluding carboxylic acids is 1. The molecule has 4 heteroatoms. The second kappa shape index (κ2) is 5.17. The molecule has 0 fully saturated rings. The van der Waals surface area contributed by atoms with Gasteiger partial charge in [0.2, 0.25) is 0 Å². The van der Waals surface area contributed by atoms with E-state index in [2.05, 4.69) is 28.5 Å². The number of hydrogen-bond acceptors (Lipinski definition) is 3. The van der Waals surface area contributed by atoms with Gasteiger partial charge >= 0.3 is 0 Å². The standard InChI is InChI=1S/C16H14N2O2/c19-15-10-18-16(20)14(15)9-17-8-12-6-3-5-11-4-1-2-7-13(11)12/h1-7,9,19H,8,10H2,(H,18,20). The highest BCUT2D eigenvalue weighted by molar-refractivity contribution is 6.14. The monoisotopic (exact) mass is 266 g/mol. The molecule has 1 amide bonds. The Labute approximate surface area is 116 Å². The average Bonchev–Trinajstić information content (AvgIpc) is 2.79. The molecule has 0 saturated carbocycles. The van der Waals surface area contributed by atoms with E-state index < -0.39 is 0 Å². The molecule has 1 aliphatic heterocycles. The molecular formula is C16H14N2O2. The van der Waals surface area contributed by atoms with Crippen molar-refractivity contribution in [2.24, 2.45) is 4.99 Å². The van der Waals surface area contributed by atoms with E-state index in [1.807, 2.05) is 24.3 Å². The third-order valence-corrected chi connectivity index (χ3v) is 3.33. The number of aliphatic hydroxyl groups is 1. The molecular weight excluding hydrogens is 252 g/mol. The van der Waals surface area contributed by atoms with E-state index in [4.69, 9.17) is 0 Å². The molecule has 1 heterocycles. The van der Waals surface area contributed by atoms with Crippen LogP contribution < -0.4 is 5.32 Å². The number of rotatable bonds is 3. The van der Waals surface area contributed by atoms with Crippen LogP contribution in [0.25, 0.3) is 10.8 Å². The van der Waals surface area contributed by atoms with Crippen LogP contribution in [0.3, 0.4) is 0 Å². The first-order valence-corrected chi connectivity index (χ1v) is 6.42. The fourth-order valence-electron chi connectivity index (χ4n) is 2.28. The Morgan fingerprint density at radius 2 is 2.00 bits per heavy atom. The zero-order valence-electron chi connectivity index (χ0n) is 10.8. The summed E-state index contributed by atoms with van der Waals surface area (Å²) in [6, 6.07) is 14.2. The summed E-state index contributed by atoms with van der Waals surface area (Å²) >= 11 is 0. The molecule has 20 heavy (non-hydrogen) atoms. The largest absolute Gasteiger partial charge is 0.510 e. The van der Waals surface area contributed by atoms with E-state index in [0.29, 0.717) is 6.54 Å². The van der Waals surface area contributed by atoms with Gasteiger partial charge in [0.25, 0.3) is 5.91 Å². The molecule has 0 radical (unpaired) electrons. The number of nitrogens with one attached hydrogen (secondary N) is 1. The minimum Gasteiger partial charge on any atom is -0.510 e. The molecule has 1 aliphatic rings. The zero-order chi connectivity index (χ0) is 13.9. The molecule has 3 rings (SSSR count). The zero-order valence-corrected chi connectivity index (χ0v) is 10.8. The van der Waals surface area contributed by atoms with Gasteiger partial charge in [0.1, 0.15) is 5.76 Å². The second-order valence-corrected chi connectivity index (χ2v) is 4.65. The predicted molar refractivity (Wildman–Crippen MR) is 78.8 cm³/mol. The van der Waals surface area contributed by atoms with Gasteiger partial charge in [0.15, 0.2) is 0 Å². The van der Waals surface area contributed by atoms with Crippen molar-refractivity contribution < 1.29 is 9.90 Å². The minimum atomic E-state index is -0.274. The lowest BCUT2D eigenvalue weighted by Crippen LogP contribution is -2.17. The highest BCUT2D eigenvalue weighted by atomic mass is 16.3. The smallest absolute Gasteiger partial charge is 0.256 e. The summed E-state index contributed by atoms with van der Waals surface area (Å²) in [6.45, 7) is 0.667. The van der Waals surface area contributed by atoms with Crippen LogP contribution in [0.1, 0.15) is 5.56 Å². The molecule has 4 nitrogen and oxygen atoms in total. The number of aliphatic imine (C=N–C) groups is 1. The Morgan fingerprint density at radius 1 is 1.20 bits per heavy atom. The van der Waals surface area contributed by atoms with Crippen LogP contribution in [0.2, 0.25) is 0 Å². The number of amides is 1. The van der Waals surface area contributed by atoms with Gasteiger partial charge in [-0.1, -0.05) is 42.5 Å². The first-order valence-electron chi connectivity index (χ1n) is 6.42. The number of nitrogens with zero attached hydrogens (tertiary/aromatic N) is 1. The minimum absolute atomic E-state index is 0.0525. The van der Waals surface area contributed by atoms with Gasteiger partial charge in [-0.2, -0.15) is 0 Å². The maximum absolute atomic E-state index is 11.4. The molecule has 100 valence electrons. The van der Waals surface area contributed by atoms with Crippen LogP contribution in [0.4, 0.5) is 0 Å². The normalized spacial score (nSPS) is 15.3. The van der Waals surface area contributed by atoms with Crippen LogP contribution in [0.15, 0.2) is 58.8 Å². The molecule has 0 aromatic heterocycles. The van der Waals surface area contributed by atoms with Crippen molar-refractivity contribution in [2.75, 3.05) is 6.54 Å². The lowest BCUT2D eigenvalue weighted by atomic mass is 10.0. The summed E-state index contributed by atoms with van der Waals surface area (Å²) in [7, 11) is 0. The molecule has 0 saturated heterocycles. The summed E-state index contributed by atoms with van der Waals surface area (Å²) in [5.41, 5.74) is 1.35. The molecule has 0 atom stereocenters. The number of carbonyl (C=O) groups is 1. The SMILES string of the molecule is O=C1NCC(O)=C1C=NCc1cccc2ccccc12. The molecule has 0 bridgehead atoms.